The van der Waals surface area contributed by atoms with Gasteiger partial charge in [0.1, 0.15) is 10.7 Å². The molecule has 0 bridgehead atoms. The van der Waals surface area contributed by atoms with Crippen molar-refractivity contribution < 1.29 is 17.6 Å². The van der Waals surface area contributed by atoms with Crippen LogP contribution in [0.2, 0.25) is 0 Å². The molecule has 0 radical (unpaired) electrons. The van der Waals surface area contributed by atoms with Crippen LogP contribution in [0, 0.1) is 5.82 Å². The van der Waals surface area contributed by atoms with Gasteiger partial charge in [-0.1, -0.05) is 36.4 Å². The van der Waals surface area contributed by atoms with Crippen LogP contribution in [-0.4, -0.2) is 33.5 Å². The maximum atomic E-state index is 13.7. The fourth-order valence-corrected chi connectivity index (χ4v) is 4.43. The minimum atomic E-state index is -4.13. The van der Waals surface area contributed by atoms with E-state index in [1.165, 1.54) is 24.6 Å². The van der Waals surface area contributed by atoms with Crippen LogP contribution in [0.3, 0.4) is 0 Å². The SMILES string of the molecule is CC(NS(=O)(=O)c1ccccc1F)C(=O)NCC1NCCc2ccccc21.Cl. The van der Waals surface area contributed by atoms with Crippen molar-refractivity contribution in [2.75, 3.05) is 13.1 Å². The number of benzene rings is 2. The number of carbonyl (C=O) groups excluding carboxylic acids is 1. The molecule has 0 fully saturated rings. The van der Waals surface area contributed by atoms with Crippen LogP contribution in [0.1, 0.15) is 24.1 Å². The second-order valence-electron chi connectivity index (χ2n) is 6.47. The Hall–Kier alpha value is -2.00. The van der Waals surface area contributed by atoms with Crippen LogP contribution in [0.25, 0.3) is 0 Å². The summed E-state index contributed by atoms with van der Waals surface area (Å²) in [5, 5.41) is 6.11. The Labute approximate surface area is 170 Å². The molecular weight excluding hydrogens is 405 g/mol. The summed E-state index contributed by atoms with van der Waals surface area (Å²) < 4.78 is 40.5. The molecule has 28 heavy (non-hydrogen) atoms. The van der Waals surface area contributed by atoms with Gasteiger partial charge in [0.05, 0.1) is 6.04 Å². The molecule has 6 nitrogen and oxygen atoms in total. The second kappa shape index (κ2) is 9.47. The summed E-state index contributed by atoms with van der Waals surface area (Å²) in [6.07, 6.45) is 0.930. The van der Waals surface area contributed by atoms with Gasteiger partial charge >= 0.3 is 0 Å². The zero-order chi connectivity index (χ0) is 19.4. The molecular formula is C19H23ClFN3O3S. The molecule has 3 N–H and O–H groups in total. The molecule has 0 saturated heterocycles. The minimum absolute atomic E-state index is 0. The summed E-state index contributed by atoms with van der Waals surface area (Å²) in [4.78, 5) is 11.9. The number of sulfonamides is 1. The molecule has 2 aromatic rings. The van der Waals surface area contributed by atoms with E-state index in [1.54, 1.807) is 0 Å². The van der Waals surface area contributed by atoms with E-state index >= 15 is 0 Å². The number of hydrogen-bond donors (Lipinski definition) is 3. The van der Waals surface area contributed by atoms with Crippen LogP contribution in [0.15, 0.2) is 53.4 Å². The lowest BCUT2D eigenvalue weighted by atomic mass is 9.94. The predicted octanol–water partition coefficient (Wildman–Crippen LogP) is 1.92. The second-order valence-corrected chi connectivity index (χ2v) is 8.16. The van der Waals surface area contributed by atoms with Crippen molar-refractivity contribution in [1.29, 1.82) is 0 Å². The van der Waals surface area contributed by atoms with Crippen molar-refractivity contribution >= 4 is 28.3 Å². The summed E-state index contributed by atoms with van der Waals surface area (Å²) in [6.45, 7) is 2.57. The van der Waals surface area contributed by atoms with Gasteiger partial charge in [-0.3, -0.25) is 4.79 Å². The summed E-state index contributed by atoms with van der Waals surface area (Å²) in [5.74, 6) is -1.33. The van der Waals surface area contributed by atoms with Gasteiger partial charge in [-0.25, -0.2) is 12.8 Å². The molecule has 152 valence electrons. The van der Waals surface area contributed by atoms with Gasteiger partial charge in [0.15, 0.2) is 0 Å². The molecule has 1 amide bonds. The molecule has 2 aromatic carbocycles. The van der Waals surface area contributed by atoms with Crippen LogP contribution >= 0.6 is 12.4 Å². The number of fused-ring (bicyclic) bond motifs is 1. The highest BCUT2D eigenvalue weighted by Gasteiger charge is 2.25. The van der Waals surface area contributed by atoms with E-state index in [9.17, 15) is 17.6 Å². The Bertz CT molecular complexity index is 940. The minimum Gasteiger partial charge on any atom is -0.353 e. The lowest BCUT2D eigenvalue weighted by molar-refractivity contribution is -0.122. The van der Waals surface area contributed by atoms with Gasteiger partial charge in [-0.05, 0) is 43.1 Å². The van der Waals surface area contributed by atoms with Crippen LogP contribution in [0.5, 0.6) is 0 Å². The third kappa shape index (κ3) is 5.08. The average Bonchev–Trinajstić information content (AvgIpc) is 2.65. The monoisotopic (exact) mass is 427 g/mol. The average molecular weight is 428 g/mol. The van der Waals surface area contributed by atoms with Crippen molar-refractivity contribution in [3.8, 4) is 0 Å². The zero-order valence-electron chi connectivity index (χ0n) is 15.3. The van der Waals surface area contributed by atoms with E-state index in [-0.39, 0.29) is 18.4 Å². The largest absolute Gasteiger partial charge is 0.353 e. The summed E-state index contributed by atoms with van der Waals surface area (Å²) in [6, 6.07) is 12.0. The summed E-state index contributed by atoms with van der Waals surface area (Å²) in [7, 11) is -4.13. The maximum Gasteiger partial charge on any atom is 0.244 e. The van der Waals surface area contributed by atoms with Crippen LogP contribution in [-0.2, 0) is 21.2 Å². The summed E-state index contributed by atoms with van der Waals surface area (Å²) in [5.41, 5.74) is 2.37. The van der Waals surface area contributed by atoms with Crippen molar-refractivity contribution in [2.45, 2.75) is 30.3 Å². The van der Waals surface area contributed by atoms with E-state index in [4.69, 9.17) is 0 Å². The Balaban J connectivity index is 0.00000280. The van der Waals surface area contributed by atoms with E-state index in [1.807, 2.05) is 18.2 Å². The summed E-state index contributed by atoms with van der Waals surface area (Å²) >= 11 is 0. The Morgan fingerprint density at radius 1 is 1.21 bits per heavy atom. The van der Waals surface area contributed by atoms with Gasteiger partial charge in [0.25, 0.3) is 0 Å². The van der Waals surface area contributed by atoms with Gasteiger partial charge in [0, 0.05) is 12.6 Å². The molecule has 2 atom stereocenters. The molecule has 0 aliphatic carbocycles. The molecule has 9 heteroatoms. The Kier molecular flexibility index (Phi) is 7.54. The quantitative estimate of drug-likeness (QED) is 0.657. The Morgan fingerprint density at radius 3 is 2.64 bits per heavy atom. The lowest BCUT2D eigenvalue weighted by Gasteiger charge is -2.27. The molecule has 1 heterocycles. The van der Waals surface area contributed by atoms with Crippen molar-refractivity contribution in [1.82, 2.24) is 15.4 Å². The highest BCUT2D eigenvalue weighted by atomic mass is 35.5. The predicted molar refractivity (Wildman–Crippen MR) is 107 cm³/mol. The number of nitrogens with one attached hydrogen (secondary N) is 3. The molecule has 1 aliphatic rings. The third-order valence-corrected chi connectivity index (χ3v) is 6.12. The lowest BCUT2D eigenvalue weighted by Crippen LogP contribution is -2.47. The molecule has 3 rings (SSSR count). The smallest absolute Gasteiger partial charge is 0.244 e. The van der Waals surface area contributed by atoms with Crippen molar-refractivity contribution in [3.63, 3.8) is 0 Å². The molecule has 1 aliphatic heterocycles. The molecule has 0 spiro atoms. The zero-order valence-corrected chi connectivity index (χ0v) is 16.9. The number of carbonyl (C=O) groups is 1. The van der Waals surface area contributed by atoms with Crippen molar-refractivity contribution in [3.05, 3.63) is 65.5 Å². The number of hydrogen-bond acceptors (Lipinski definition) is 4. The molecule has 0 saturated carbocycles. The van der Waals surface area contributed by atoms with E-state index in [0.29, 0.717) is 6.54 Å². The van der Waals surface area contributed by atoms with E-state index < -0.39 is 32.7 Å². The Morgan fingerprint density at radius 2 is 1.89 bits per heavy atom. The fourth-order valence-electron chi connectivity index (χ4n) is 3.14. The van der Waals surface area contributed by atoms with Gasteiger partial charge < -0.3 is 10.6 Å². The van der Waals surface area contributed by atoms with Crippen molar-refractivity contribution in [2.24, 2.45) is 0 Å². The van der Waals surface area contributed by atoms with Gasteiger partial charge in [-0.2, -0.15) is 4.72 Å². The number of amides is 1. The fraction of sp³-hybridized carbons (Fsp3) is 0.316. The first kappa shape index (κ1) is 22.3. The first-order chi connectivity index (χ1) is 12.9. The standard InChI is InChI=1S/C19H22FN3O3S.ClH/c1-13(23-27(25,26)18-9-5-4-8-16(18)20)19(24)22-12-17-15-7-3-2-6-14(15)10-11-21-17;/h2-9,13,17,21,23H,10-12H2,1H3,(H,22,24);1H. The molecule has 2 unspecified atom stereocenters. The first-order valence-electron chi connectivity index (χ1n) is 8.74. The number of halogens is 2. The maximum absolute atomic E-state index is 13.7. The van der Waals surface area contributed by atoms with Gasteiger partial charge in [-0.15, -0.1) is 12.4 Å². The first-order valence-corrected chi connectivity index (χ1v) is 10.2. The molecule has 0 aromatic heterocycles. The van der Waals surface area contributed by atoms with Crippen LogP contribution in [0.4, 0.5) is 4.39 Å². The highest BCUT2D eigenvalue weighted by molar-refractivity contribution is 7.89. The highest BCUT2D eigenvalue weighted by Crippen LogP contribution is 2.21. The van der Waals surface area contributed by atoms with E-state index in [2.05, 4.69) is 21.4 Å². The van der Waals surface area contributed by atoms with E-state index in [0.717, 1.165) is 30.7 Å². The van der Waals surface area contributed by atoms with Crippen LogP contribution < -0.4 is 15.4 Å². The topological polar surface area (TPSA) is 87.3 Å². The third-order valence-electron chi connectivity index (χ3n) is 4.55. The normalized spacial score (nSPS) is 17.1. The number of rotatable bonds is 6. The van der Waals surface area contributed by atoms with Gasteiger partial charge in [0.2, 0.25) is 15.9 Å².